The molecular formula is C16H21NO4. The molecular weight excluding hydrogens is 270 g/mol. The minimum atomic E-state index is -0.534. The van der Waals surface area contributed by atoms with E-state index in [0.717, 1.165) is 6.42 Å². The van der Waals surface area contributed by atoms with Crippen molar-refractivity contribution >= 4 is 17.7 Å². The molecule has 0 N–H and O–H groups in total. The monoisotopic (exact) mass is 291 g/mol. The van der Waals surface area contributed by atoms with Gasteiger partial charge in [-0.3, -0.25) is 9.59 Å². The zero-order valence-electron chi connectivity index (χ0n) is 12.9. The van der Waals surface area contributed by atoms with Gasteiger partial charge in [-0.25, -0.2) is 4.79 Å². The van der Waals surface area contributed by atoms with Crippen LogP contribution >= 0.6 is 0 Å². The molecule has 1 aromatic carbocycles. The molecule has 0 heterocycles. The van der Waals surface area contributed by atoms with Crippen LogP contribution in [-0.4, -0.2) is 42.8 Å². The highest BCUT2D eigenvalue weighted by molar-refractivity contribution is 6.03. The lowest BCUT2D eigenvalue weighted by Gasteiger charge is -2.17. The number of Topliss-reactive ketones (excluding diaryl/α,β-unsaturated/α-hetero) is 1. The molecule has 114 valence electrons. The van der Waals surface area contributed by atoms with E-state index >= 15 is 0 Å². The fourth-order valence-electron chi connectivity index (χ4n) is 1.94. The molecule has 5 nitrogen and oxygen atoms in total. The van der Waals surface area contributed by atoms with Crippen molar-refractivity contribution in [1.82, 2.24) is 4.90 Å². The minimum absolute atomic E-state index is 0.201. The van der Waals surface area contributed by atoms with Gasteiger partial charge in [-0.15, -0.1) is 0 Å². The number of nitrogens with zero attached hydrogens (tertiary/aromatic N) is 1. The number of benzene rings is 1. The van der Waals surface area contributed by atoms with Gasteiger partial charge in [0.1, 0.15) is 0 Å². The first-order valence-electron chi connectivity index (χ1n) is 6.99. The van der Waals surface area contributed by atoms with Crippen LogP contribution in [-0.2, 0) is 4.74 Å². The van der Waals surface area contributed by atoms with E-state index in [1.54, 1.807) is 18.9 Å². The van der Waals surface area contributed by atoms with E-state index < -0.39 is 5.97 Å². The van der Waals surface area contributed by atoms with Gasteiger partial charge in [-0.1, -0.05) is 6.92 Å². The second-order valence-corrected chi connectivity index (χ2v) is 4.80. The van der Waals surface area contributed by atoms with E-state index in [2.05, 4.69) is 0 Å². The molecule has 0 saturated heterocycles. The van der Waals surface area contributed by atoms with E-state index in [1.165, 1.54) is 25.1 Å². The Morgan fingerprint density at radius 1 is 1.05 bits per heavy atom. The molecule has 0 radical (unpaired) electrons. The summed E-state index contributed by atoms with van der Waals surface area (Å²) < 4.78 is 4.93. The SMILES string of the molecule is CCCN(C)C(=O)c1cc(C(C)=O)cc(C(=O)OCC)c1. The summed E-state index contributed by atoms with van der Waals surface area (Å²) in [7, 11) is 1.69. The molecule has 1 rings (SSSR count). The largest absolute Gasteiger partial charge is 0.462 e. The average molecular weight is 291 g/mol. The van der Waals surface area contributed by atoms with Crippen molar-refractivity contribution in [1.29, 1.82) is 0 Å². The molecule has 0 aliphatic rings. The predicted octanol–water partition coefficient (Wildman–Crippen LogP) is 2.55. The average Bonchev–Trinajstić information content (AvgIpc) is 2.46. The molecule has 0 fully saturated rings. The second-order valence-electron chi connectivity index (χ2n) is 4.80. The summed E-state index contributed by atoms with van der Waals surface area (Å²) >= 11 is 0. The van der Waals surface area contributed by atoms with Gasteiger partial charge in [-0.05, 0) is 38.5 Å². The number of carbonyl (C=O) groups is 3. The molecule has 0 spiro atoms. The standard InChI is InChI=1S/C16H21NO4/c1-5-7-17(4)15(19)13-8-12(11(3)18)9-14(10-13)16(20)21-6-2/h8-10H,5-7H2,1-4H3. The van der Waals surface area contributed by atoms with Crippen molar-refractivity contribution in [2.24, 2.45) is 0 Å². The van der Waals surface area contributed by atoms with Crippen LogP contribution in [0.2, 0.25) is 0 Å². The van der Waals surface area contributed by atoms with Gasteiger partial charge in [0, 0.05) is 24.7 Å². The Balaban J connectivity index is 3.22. The number of carbonyl (C=O) groups excluding carboxylic acids is 3. The van der Waals surface area contributed by atoms with Crippen molar-refractivity contribution in [3.05, 3.63) is 34.9 Å². The summed E-state index contributed by atoms with van der Waals surface area (Å²) in [6, 6.07) is 4.44. The minimum Gasteiger partial charge on any atom is -0.462 e. The van der Waals surface area contributed by atoms with Gasteiger partial charge >= 0.3 is 5.97 Å². The van der Waals surface area contributed by atoms with Crippen LogP contribution in [0.4, 0.5) is 0 Å². The molecule has 0 aliphatic heterocycles. The third-order valence-corrected chi connectivity index (χ3v) is 3.00. The Hall–Kier alpha value is -2.17. The van der Waals surface area contributed by atoms with E-state index in [4.69, 9.17) is 4.74 Å². The summed E-state index contributed by atoms with van der Waals surface area (Å²) in [4.78, 5) is 37.3. The molecule has 0 atom stereocenters. The zero-order chi connectivity index (χ0) is 16.0. The maximum absolute atomic E-state index is 12.3. The Kier molecular flexibility index (Phi) is 6.09. The normalized spacial score (nSPS) is 10.1. The number of ether oxygens (including phenoxy) is 1. The first-order chi connectivity index (χ1) is 9.90. The fourth-order valence-corrected chi connectivity index (χ4v) is 1.94. The summed E-state index contributed by atoms with van der Waals surface area (Å²) in [6.45, 7) is 5.92. The lowest BCUT2D eigenvalue weighted by atomic mass is 10.0. The van der Waals surface area contributed by atoms with Gasteiger partial charge in [0.25, 0.3) is 5.91 Å². The smallest absolute Gasteiger partial charge is 0.338 e. The molecule has 0 aromatic heterocycles. The lowest BCUT2D eigenvalue weighted by Crippen LogP contribution is -2.27. The van der Waals surface area contributed by atoms with Crippen molar-refractivity contribution in [3.63, 3.8) is 0 Å². The lowest BCUT2D eigenvalue weighted by molar-refractivity contribution is 0.0526. The van der Waals surface area contributed by atoms with Crippen LogP contribution in [0.3, 0.4) is 0 Å². The predicted molar refractivity (Wildman–Crippen MR) is 79.7 cm³/mol. The summed E-state index contributed by atoms with van der Waals surface area (Å²) in [5.74, 6) is -0.952. The van der Waals surface area contributed by atoms with Gasteiger partial charge < -0.3 is 9.64 Å². The van der Waals surface area contributed by atoms with Crippen LogP contribution in [0.1, 0.15) is 58.3 Å². The Labute approximate surface area is 124 Å². The van der Waals surface area contributed by atoms with Crippen molar-refractivity contribution in [2.75, 3.05) is 20.2 Å². The number of hydrogen-bond donors (Lipinski definition) is 0. The number of esters is 1. The topological polar surface area (TPSA) is 63.7 Å². The first kappa shape index (κ1) is 16.9. The molecule has 5 heteroatoms. The number of hydrogen-bond acceptors (Lipinski definition) is 4. The number of rotatable bonds is 6. The van der Waals surface area contributed by atoms with Crippen LogP contribution in [0.5, 0.6) is 0 Å². The third-order valence-electron chi connectivity index (χ3n) is 3.00. The summed E-state index contributed by atoms with van der Waals surface area (Å²) in [5.41, 5.74) is 0.869. The van der Waals surface area contributed by atoms with Crippen molar-refractivity contribution < 1.29 is 19.1 Å². The highest BCUT2D eigenvalue weighted by atomic mass is 16.5. The van der Waals surface area contributed by atoms with E-state index in [9.17, 15) is 14.4 Å². The van der Waals surface area contributed by atoms with Crippen LogP contribution < -0.4 is 0 Å². The summed E-state index contributed by atoms with van der Waals surface area (Å²) in [5, 5.41) is 0. The van der Waals surface area contributed by atoms with E-state index in [0.29, 0.717) is 17.7 Å². The summed E-state index contributed by atoms with van der Waals surface area (Å²) in [6.07, 6.45) is 0.833. The molecule has 0 unspecified atom stereocenters. The maximum atomic E-state index is 12.3. The van der Waals surface area contributed by atoms with Gasteiger partial charge in [0.05, 0.1) is 12.2 Å². The third kappa shape index (κ3) is 4.41. The Bertz CT molecular complexity index is 551. The Morgan fingerprint density at radius 2 is 1.62 bits per heavy atom. The van der Waals surface area contributed by atoms with E-state index in [1.807, 2.05) is 6.92 Å². The zero-order valence-corrected chi connectivity index (χ0v) is 12.9. The van der Waals surface area contributed by atoms with Gasteiger partial charge in [-0.2, -0.15) is 0 Å². The molecule has 1 amide bonds. The second kappa shape index (κ2) is 7.57. The first-order valence-corrected chi connectivity index (χ1v) is 6.99. The fraction of sp³-hybridized carbons (Fsp3) is 0.438. The van der Waals surface area contributed by atoms with Crippen molar-refractivity contribution in [3.8, 4) is 0 Å². The highest BCUT2D eigenvalue weighted by Crippen LogP contribution is 2.14. The molecule has 21 heavy (non-hydrogen) atoms. The number of amides is 1. The molecule has 0 bridgehead atoms. The van der Waals surface area contributed by atoms with Crippen molar-refractivity contribution in [2.45, 2.75) is 27.2 Å². The van der Waals surface area contributed by atoms with Crippen LogP contribution in [0, 0.1) is 0 Å². The van der Waals surface area contributed by atoms with E-state index in [-0.39, 0.29) is 23.9 Å². The van der Waals surface area contributed by atoms with Crippen LogP contribution in [0.15, 0.2) is 18.2 Å². The maximum Gasteiger partial charge on any atom is 0.338 e. The molecule has 0 saturated carbocycles. The molecule has 0 aliphatic carbocycles. The quantitative estimate of drug-likeness (QED) is 0.597. The number of ketones is 1. The molecule has 1 aromatic rings. The van der Waals surface area contributed by atoms with Crippen LogP contribution in [0.25, 0.3) is 0 Å². The van der Waals surface area contributed by atoms with Gasteiger partial charge in [0.2, 0.25) is 0 Å². The Morgan fingerprint density at radius 3 is 2.14 bits per heavy atom. The van der Waals surface area contributed by atoms with Gasteiger partial charge in [0.15, 0.2) is 5.78 Å². The highest BCUT2D eigenvalue weighted by Gasteiger charge is 2.17.